The Kier molecular flexibility index (Phi) is 2.62. The highest BCUT2D eigenvalue weighted by molar-refractivity contribution is 5.51. The summed E-state index contributed by atoms with van der Waals surface area (Å²) in [7, 11) is 2.16. The van der Waals surface area contributed by atoms with Gasteiger partial charge >= 0.3 is 0 Å². The first-order valence-electron chi connectivity index (χ1n) is 6.78. The third kappa shape index (κ3) is 2.32. The molecule has 2 aliphatic rings. The second-order valence-electron chi connectivity index (χ2n) is 5.88. The Labute approximate surface area is 104 Å². The number of hydrogen-bond acceptors (Lipinski definition) is 2. The van der Waals surface area contributed by atoms with Crippen molar-refractivity contribution in [3.63, 3.8) is 0 Å². The van der Waals surface area contributed by atoms with Gasteiger partial charge in [0.2, 0.25) is 0 Å². The van der Waals surface area contributed by atoms with Gasteiger partial charge < -0.3 is 10.6 Å². The zero-order valence-corrected chi connectivity index (χ0v) is 10.7. The van der Waals surface area contributed by atoms with Gasteiger partial charge in [0.25, 0.3) is 0 Å². The molecule has 0 spiro atoms. The van der Waals surface area contributed by atoms with Gasteiger partial charge in [-0.15, -0.1) is 0 Å². The summed E-state index contributed by atoms with van der Waals surface area (Å²) in [4.78, 5) is 2.32. The standard InChI is InChI=1S/C15H22N2/c1-17(11-15(16)8-9-15)14-7-6-12-4-2-3-5-13(12)10-14/h6-7,10H,2-5,8-9,11,16H2,1H3. The Balaban J connectivity index is 1.78. The van der Waals surface area contributed by atoms with E-state index in [-0.39, 0.29) is 5.54 Å². The number of likely N-dealkylation sites (N-methyl/N-ethyl adjacent to an activating group) is 1. The van der Waals surface area contributed by atoms with Gasteiger partial charge in [0.1, 0.15) is 0 Å². The van der Waals surface area contributed by atoms with E-state index in [4.69, 9.17) is 5.73 Å². The molecule has 2 aliphatic carbocycles. The molecule has 0 aliphatic heterocycles. The molecule has 92 valence electrons. The first-order valence-corrected chi connectivity index (χ1v) is 6.78. The summed E-state index contributed by atoms with van der Waals surface area (Å²) >= 11 is 0. The van der Waals surface area contributed by atoms with Crippen LogP contribution in [0.15, 0.2) is 18.2 Å². The summed E-state index contributed by atoms with van der Waals surface area (Å²) in [6, 6.07) is 6.95. The lowest BCUT2D eigenvalue weighted by Gasteiger charge is -2.25. The van der Waals surface area contributed by atoms with Crippen LogP contribution in [0.2, 0.25) is 0 Å². The van der Waals surface area contributed by atoms with Gasteiger partial charge in [0.15, 0.2) is 0 Å². The van der Waals surface area contributed by atoms with E-state index >= 15 is 0 Å². The van der Waals surface area contributed by atoms with E-state index < -0.39 is 0 Å². The second kappa shape index (κ2) is 4.02. The van der Waals surface area contributed by atoms with Gasteiger partial charge in [-0.25, -0.2) is 0 Å². The number of nitrogens with two attached hydrogens (primary N) is 1. The lowest BCUT2D eigenvalue weighted by molar-refractivity contribution is 0.657. The molecule has 0 radical (unpaired) electrons. The number of hydrogen-bond donors (Lipinski definition) is 1. The summed E-state index contributed by atoms with van der Waals surface area (Å²) < 4.78 is 0. The van der Waals surface area contributed by atoms with E-state index in [1.165, 1.54) is 44.2 Å². The molecule has 17 heavy (non-hydrogen) atoms. The third-order valence-corrected chi connectivity index (χ3v) is 4.22. The molecular formula is C15H22N2. The van der Waals surface area contributed by atoms with Crippen molar-refractivity contribution in [2.24, 2.45) is 5.73 Å². The van der Waals surface area contributed by atoms with Crippen LogP contribution in [0.1, 0.15) is 36.8 Å². The molecule has 2 nitrogen and oxygen atoms in total. The highest BCUT2D eigenvalue weighted by Gasteiger charge is 2.39. The Morgan fingerprint density at radius 3 is 2.59 bits per heavy atom. The Morgan fingerprint density at radius 1 is 1.18 bits per heavy atom. The molecule has 0 amide bonds. The van der Waals surface area contributed by atoms with Gasteiger partial charge in [-0.2, -0.15) is 0 Å². The summed E-state index contributed by atoms with van der Waals surface area (Å²) in [5.41, 5.74) is 10.7. The maximum absolute atomic E-state index is 6.18. The highest BCUT2D eigenvalue weighted by atomic mass is 15.1. The average molecular weight is 230 g/mol. The molecule has 0 bridgehead atoms. The van der Waals surface area contributed by atoms with E-state index in [1.807, 2.05) is 0 Å². The fraction of sp³-hybridized carbons (Fsp3) is 0.600. The van der Waals surface area contributed by atoms with Crippen molar-refractivity contribution in [3.8, 4) is 0 Å². The molecule has 1 fully saturated rings. The molecule has 0 heterocycles. The zero-order chi connectivity index (χ0) is 11.9. The average Bonchev–Trinajstić information content (AvgIpc) is 3.06. The fourth-order valence-corrected chi connectivity index (χ4v) is 2.84. The minimum atomic E-state index is 0.102. The third-order valence-electron chi connectivity index (χ3n) is 4.22. The smallest absolute Gasteiger partial charge is 0.0367 e. The number of rotatable bonds is 3. The van der Waals surface area contributed by atoms with E-state index in [1.54, 1.807) is 11.1 Å². The Morgan fingerprint density at radius 2 is 1.88 bits per heavy atom. The van der Waals surface area contributed by atoms with Crippen molar-refractivity contribution in [2.75, 3.05) is 18.5 Å². The van der Waals surface area contributed by atoms with Crippen LogP contribution < -0.4 is 10.6 Å². The topological polar surface area (TPSA) is 29.3 Å². The van der Waals surface area contributed by atoms with Crippen molar-refractivity contribution < 1.29 is 0 Å². The van der Waals surface area contributed by atoms with Crippen LogP contribution in [0.3, 0.4) is 0 Å². The Bertz CT molecular complexity index is 421. The molecule has 2 N–H and O–H groups in total. The van der Waals surface area contributed by atoms with Gasteiger partial charge in [0.05, 0.1) is 0 Å². The molecule has 0 atom stereocenters. The highest BCUT2D eigenvalue weighted by Crippen LogP contribution is 2.34. The SMILES string of the molecule is CN(CC1(N)CC1)c1ccc2c(c1)CCCC2. The minimum absolute atomic E-state index is 0.102. The van der Waals surface area contributed by atoms with Crippen molar-refractivity contribution in [2.45, 2.75) is 44.1 Å². The van der Waals surface area contributed by atoms with E-state index in [2.05, 4.69) is 30.1 Å². The molecular weight excluding hydrogens is 208 g/mol. The maximum Gasteiger partial charge on any atom is 0.0367 e. The van der Waals surface area contributed by atoms with Crippen LogP contribution in [-0.2, 0) is 12.8 Å². The van der Waals surface area contributed by atoms with Gasteiger partial charge in [-0.3, -0.25) is 0 Å². The molecule has 0 unspecified atom stereocenters. The predicted octanol–water partition coefficient (Wildman–Crippen LogP) is 2.49. The number of anilines is 1. The second-order valence-corrected chi connectivity index (χ2v) is 5.88. The van der Waals surface area contributed by atoms with Gasteiger partial charge in [-0.1, -0.05) is 6.07 Å². The fourth-order valence-electron chi connectivity index (χ4n) is 2.84. The first kappa shape index (κ1) is 11.1. The van der Waals surface area contributed by atoms with Crippen molar-refractivity contribution in [3.05, 3.63) is 29.3 Å². The maximum atomic E-state index is 6.18. The summed E-state index contributed by atoms with van der Waals surface area (Å²) in [5, 5.41) is 0. The molecule has 0 aromatic heterocycles. The molecule has 2 heteroatoms. The minimum Gasteiger partial charge on any atom is -0.373 e. The normalized spacial score (nSPS) is 20.8. The lowest BCUT2D eigenvalue weighted by Crippen LogP contribution is -2.37. The molecule has 1 aromatic carbocycles. The number of aryl methyl sites for hydroxylation is 2. The van der Waals surface area contributed by atoms with Gasteiger partial charge in [-0.05, 0) is 61.8 Å². The van der Waals surface area contributed by atoms with E-state index in [0.29, 0.717) is 0 Å². The Hall–Kier alpha value is -1.02. The quantitative estimate of drug-likeness (QED) is 0.864. The molecule has 3 rings (SSSR count). The predicted molar refractivity (Wildman–Crippen MR) is 72.5 cm³/mol. The first-order chi connectivity index (χ1) is 8.16. The van der Waals surface area contributed by atoms with E-state index in [0.717, 1.165) is 6.54 Å². The number of nitrogens with zero attached hydrogens (tertiary/aromatic N) is 1. The zero-order valence-electron chi connectivity index (χ0n) is 10.7. The molecule has 0 saturated heterocycles. The van der Waals surface area contributed by atoms with Gasteiger partial charge in [0, 0.05) is 24.8 Å². The van der Waals surface area contributed by atoms with Crippen LogP contribution in [0.5, 0.6) is 0 Å². The summed E-state index contributed by atoms with van der Waals surface area (Å²) in [5.74, 6) is 0. The summed E-state index contributed by atoms with van der Waals surface area (Å²) in [6.45, 7) is 0.992. The van der Waals surface area contributed by atoms with Crippen LogP contribution in [-0.4, -0.2) is 19.1 Å². The largest absolute Gasteiger partial charge is 0.373 e. The van der Waals surface area contributed by atoms with Crippen LogP contribution in [0.4, 0.5) is 5.69 Å². The van der Waals surface area contributed by atoms with Crippen LogP contribution in [0, 0.1) is 0 Å². The molecule has 1 saturated carbocycles. The van der Waals surface area contributed by atoms with Crippen molar-refractivity contribution in [1.82, 2.24) is 0 Å². The number of fused-ring (bicyclic) bond motifs is 1. The van der Waals surface area contributed by atoms with Crippen molar-refractivity contribution in [1.29, 1.82) is 0 Å². The van der Waals surface area contributed by atoms with Crippen molar-refractivity contribution >= 4 is 5.69 Å². The monoisotopic (exact) mass is 230 g/mol. The molecule has 1 aromatic rings. The lowest BCUT2D eigenvalue weighted by atomic mass is 9.91. The summed E-state index contributed by atoms with van der Waals surface area (Å²) in [6.07, 6.45) is 7.59. The van der Waals surface area contributed by atoms with Crippen LogP contribution in [0.25, 0.3) is 0 Å². The number of benzene rings is 1. The van der Waals surface area contributed by atoms with E-state index in [9.17, 15) is 0 Å². The van der Waals surface area contributed by atoms with Crippen LogP contribution >= 0.6 is 0 Å².